The molecule has 2 fully saturated rings. The van der Waals surface area contributed by atoms with Crippen LogP contribution in [0.2, 0.25) is 0 Å². The first-order chi connectivity index (χ1) is 23.5. The van der Waals surface area contributed by atoms with Gasteiger partial charge in [0.25, 0.3) is 0 Å². The van der Waals surface area contributed by atoms with E-state index in [9.17, 15) is 18.8 Å². The number of nitrogens with zero attached hydrogens (tertiary/aromatic N) is 1. The zero-order chi connectivity index (χ0) is 34.7. The molecule has 8 heteroatoms. The van der Waals surface area contributed by atoms with Gasteiger partial charge in [-0.2, -0.15) is 0 Å². The topological polar surface area (TPSA) is 82.1 Å². The van der Waals surface area contributed by atoms with Gasteiger partial charge < -0.3 is 14.2 Å². The van der Waals surface area contributed by atoms with Crippen LogP contribution < -0.4 is 0 Å². The molecule has 4 aromatic carbocycles. The Morgan fingerprint density at radius 1 is 0.898 bits per heavy atom. The van der Waals surface area contributed by atoms with Crippen molar-refractivity contribution < 1.29 is 33.0 Å². The Bertz CT molecular complexity index is 1780. The summed E-state index contributed by atoms with van der Waals surface area (Å²) in [5.74, 6) is -2.17. The zero-order valence-corrected chi connectivity index (χ0v) is 28.3. The van der Waals surface area contributed by atoms with Gasteiger partial charge in [0.1, 0.15) is 18.2 Å². The summed E-state index contributed by atoms with van der Waals surface area (Å²) in [6.07, 6.45) is -1.57. The van der Waals surface area contributed by atoms with Gasteiger partial charge in [-0.3, -0.25) is 9.69 Å². The monoisotopic (exact) mass is 663 g/mol. The van der Waals surface area contributed by atoms with E-state index in [1.807, 2.05) is 57.2 Å². The van der Waals surface area contributed by atoms with E-state index in [0.29, 0.717) is 18.4 Å². The number of hydrogen-bond donors (Lipinski definition) is 0. The van der Waals surface area contributed by atoms with Crippen molar-refractivity contribution in [2.24, 2.45) is 5.92 Å². The van der Waals surface area contributed by atoms with Crippen molar-refractivity contribution in [2.75, 3.05) is 0 Å². The summed E-state index contributed by atoms with van der Waals surface area (Å²) in [7, 11) is 0. The summed E-state index contributed by atoms with van der Waals surface area (Å²) in [5, 5.41) is 0. The number of esters is 1. The number of cyclic esters (lactones) is 1. The fourth-order valence-electron chi connectivity index (χ4n) is 7.38. The second-order valence-corrected chi connectivity index (χ2v) is 13.5. The number of carbonyl (C=O) groups is 3. The second-order valence-electron chi connectivity index (χ2n) is 13.5. The quantitative estimate of drug-likeness (QED) is 0.158. The van der Waals surface area contributed by atoms with E-state index < -0.39 is 29.7 Å². The number of carbonyl (C=O) groups excluding carboxylic acids is 3. The summed E-state index contributed by atoms with van der Waals surface area (Å²) < 4.78 is 32.3. The molecule has 1 saturated heterocycles. The molecule has 1 aliphatic carbocycles. The molecule has 1 heterocycles. The van der Waals surface area contributed by atoms with Gasteiger partial charge in [0.15, 0.2) is 5.54 Å². The molecule has 0 unspecified atom stereocenters. The Labute approximate surface area is 287 Å². The SMILES string of the molecule is Cc1cc(C)cc([C@@H](C)O[C@H]2CC[C@@H](C(=O)C[C@]3(C)C(=O)O[C@@H](c4ccccc4)N3C(=O)OCc3ccccc3)[C@@H]2c2ccc(F)cc2)c1. The highest BCUT2D eigenvalue weighted by atomic mass is 19.1. The van der Waals surface area contributed by atoms with Crippen LogP contribution >= 0.6 is 0 Å². The molecule has 7 nitrogen and oxygen atoms in total. The lowest BCUT2D eigenvalue weighted by Gasteiger charge is -2.34. The fraction of sp³-hybridized carbons (Fsp3) is 0.341. The molecule has 2 aliphatic rings. The van der Waals surface area contributed by atoms with Crippen molar-refractivity contribution in [2.45, 2.75) is 83.5 Å². The van der Waals surface area contributed by atoms with Crippen LogP contribution in [0.1, 0.15) is 84.7 Å². The molecule has 0 N–H and O–H groups in total. The maximum Gasteiger partial charge on any atom is 0.414 e. The number of hydrogen-bond acceptors (Lipinski definition) is 6. The summed E-state index contributed by atoms with van der Waals surface area (Å²) >= 11 is 0. The average Bonchev–Trinajstić information content (AvgIpc) is 3.62. The minimum Gasteiger partial charge on any atom is -0.444 e. The average molecular weight is 664 g/mol. The number of rotatable bonds is 10. The molecule has 1 saturated carbocycles. The Morgan fingerprint density at radius 2 is 1.53 bits per heavy atom. The third-order valence-electron chi connectivity index (χ3n) is 9.79. The molecular formula is C41H42FNO6. The maximum absolute atomic E-state index is 14.5. The van der Waals surface area contributed by atoms with Crippen molar-refractivity contribution in [3.8, 4) is 0 Å². The zero-order valence-electron chi connectivity index (χ0n) is 28.3. The first kappa shape index (κ1) is 34.1. The van der Waals surface area contributed by atoms with Crippen molar-refractivity contribution in [1.82, 2.24) is 4.90 Å². The first-order valence-electron chi connectivity index (χ1n) is 16.8. The summed E-state index contributed by atoms with van der Waals surface area (Å²) in [6.45, 7) is 7.66. The van der Waals surface area contributed by atoms with Gasteiger partial charge in [-0.05, 0) is 69.4 Å². The van der Waals surface area contributed by atoms with Crippen molar-refractivity contribution >= 4 is 17.8 Å². The summed E-state index contributed by atoms with van der Waals surface area (Å²) in [4.78, 5) is 43.3. The highest BCUT2D eigenvalue weighted by Gasteiger charge is 2.58. The molecule has 0 aromatic heterocycles. The van der Waals surface area contributed by atoms with Gasteiger partial charge in [0.2, 0.25) is 6.23 Å². The third-order valence-corrected chi connectivity index (χ3v) is 9.79. The Morgan fingerprint density at radius 3 is 2.18 bits per heavy atom. The van der Waals surface area contributed by atoms with Crippen LogP contribution in [0, 0.1) is 25.6 Å². The molecule has 0 bridgehead atoms. The molecule has 1 amide bonds. The van der Waals surface area contributed by atoms with Crippen LogP contribution in [0.15, 0.2) is 103 Å². The number of ether oxygens (including phenoxy) is 3. The molecule has 1 aliphatic heterocycles. The molecule has 254 valence electrons. The minimum atomic E-state index is -1.63. The van der Waals surface area contributed by atoms with E-state index in [2.05, 4.69) is 18.2 Å². The third kappa shape index (κ3) is 7.30. The Kier molecular flexibility index (Phi) is 9.97. The number of benzene rings is 4. The first-order valence-corrected chi connectivity index (χ1v) is 16.8. The van der Waals surface area contributed by atoms with E-state index in [4.69, 9.17) is 14.2 Å². The Balaban J connectivity index is 1.28. The Hall–Kier alpha value is -4.82. The highest BCUT2D eigenvalue weighted by Crippen LogP contribution is 2.47. The van der Waals surface area contributed by atoms with Gasteiger partial charge in [-0.15, -0.1) is 0 Å². The number of Topliss-reactive ketones (excluding diaryl/α,β-unsaturated/α-hetero) is 1. The van der Waals surface area contributed by atoms with E-state index in [-0.39, 0.29) is 42.8 Å². The van der Waals surface area contributed by atoms with Gasteiger partial charge in [-0.25, -0.2) is 14.0 Å². The van der Waals surface area contributed by atoms with Gasteiger partial charge in [0.05, 0.1) is 12.2 Å². The van der Waals surface area contributed by atoms with Gasteiger partial charge >= 0.3 is 12.1 Å². The predicted octanol–water partition coefficient (Wildman–Crippen LogP) is 8.69. The predicted molar refractivity (Wildman–Crippen MR) is 183 cm³/mol. The number of ketones is 1. The lowest BCUT2D eigenvalue weighted by molar-refractivity contribution is -0.146. The minimum absolute atomic E-state index is 0.0111. The van der Waals surface area contributed by atoms with Crippen molar-refractivity contribution in [3.05, 3.63) is 142 Å². The van der Waals surface area contributed by atoms with E-state index >= 15 is 0 Å². The summed E-state index contributed by atoms with van der Waals surface area (Å²) in [6, 6.07) is 30.7. The molecule has 0 radical (unpaired) electrons. The number of halogens is 1. The number of amides is 1. The molecule has 6 atom stereocenters. The summed E-state index contributed by atoms with van der Waals surface area (Å²) in [5.41, 5.74) is 3.84. The molecule has 49 heavy (non-hydrogen) atoms. The highest BCUT2D eigenvalue weighted by molar-refractivity contribution is 5.95. The largest absolute Gasteiger partial charge is 0.444 e. The van der Waals surface area contributed by atoms with E-state index in [1.165, 1.54) is 17.0 Å². The van der Waals surface area contributed by atoms with E-state index in [1.54, 1.807) is 43.3 Å². The molecule has 6 rings (SSSR count). The normalized spacial score (nSPS) is 24.0. The van der Waals surface area contributed by atoms with Crippen molar-refractivity contribution in [3.63, 3.8) is 0 Å². The van der Waals surface area contributed by atoms with Crippen LogP contribution in [0.25, 0.3) is 0 Å². The fourth-order valence-corrected chi connectivity index (χ4v) is 7.38. The van der Waals surface area contributed by atoms with E-state index in [0.717, 1.165) is 27.8 Å². The molecule has 4 aromatic rings. The van der Waals surface area contributed by atoms with Crippen LogP contribution in [0.3, 0.4) is 0 Å². The molecular weight excluding hydrogens is 621 g/mol. The number of aryl methyl sites for hydroxylation is 2. The molecule has 0 spiro atoms. The van der Waals surface area contributed by atoms with Crippen LogP contribution in [0.5, 0.6) is 0 Å². The van der Waals surface area contributed by atoms with Gasteiger partial charge in [0, 0.05) is 23.8 Å². The van der Waals surface area contributed by atoms with Crippen molar-refractivity contribution in [1.29, 1.82) is 0 Å². The standard InChI is InChI=1S/C41H42FNO6/c1-26-21-27(2)23-32(22-26)28(3)48-36-20-19-34(37(36)30-15-17-33(42)18-16-30)35(44)24-41(4)39(45)49-38(31-13-9-6-10-14-31)43(41)40(46)47-25-29-11-7-5-8-12-29/h5-18,21-23,28,34,36-38H,19-20,24-25H2,1-4H3/t28-,34+,36+,37+,38+,41-/m1/s1. The van der Waals surface area contributed by atoms with Crippen LogP contribution in [-0.4, -0.2) is 34.4 Å². The van der Waals surface area contributed by atoms with Gasteiger partial charge in [-0.1, -0.05) is 102 Å². The van der Waals surface area contributed by atoms with Crippen LogP contribution in [0.4, 0.5) is 9.18 Å². The smallest absolute Gasteiger partial charge is 0.414 e. The lowest BCUT2D eigenvalue weighted by Crippen LogP contribution is -2.51. The van der Waals surface area contributed by atoms with Crippen LogP contribution in [-0.2, 0) is 30.4 Å². The lowest BCUT2D eigenvalue weighted by atomic mass is 9.80. The second kappa shape index (κ2) is 14.3. The maximum atomic E-state index is 14.5.